The van der Waals surface area contributed by atoms with E-state index in [1.165, 1.54) is 0 Å². The molecule has 220 valence electrons. The first-order valence-electron chi connectivity index (χ1n) is 14.6. The van der Waals surface area contributed by atoms with Crippen LogP contribution in [0.5, 0.6) is 0 Å². The molecule has 7 heteroatoms. The van der Waals surface area contributed by atoms with Crippen molar-refractivity contribution in [1.82, 2.24) is 0 Å². The summed E-state index contributed by atoms with van der Waals surface area (Å²) in [5.41, 5.74) is 2.24. The second-order valence-electron chi connectivity index (χ2n) is 10.8. The summed E-state index contributed by atoms with van der Waals surface area (Å²) in [4.78, 5) is 0. The topological polar surface area (TPSA) is 64.6 Å². The van der Waals surface area contributed by atoms with E-state index < -0.39 is 30.2 Å². The van der Waals surface area contributed by atoms with E-state index in [9.17, 15) is 0 Å². The monoisotopic (exact) mass is 562 g/mol. The van der Waals surface area contributed by atoms with E-state index in [2.05, 4.69) is 12.1 Å². The van der Waals surface area contributed by atoms with Crippen LogP contribution in [0.2, 0.25) is 0 Å². The Morgan fingerprint density at radius 1 is 0.756 bits per heavy atom. The molecule has 41 heavy (non-hydrogen) atoms. The third-order valence-electron chi connectivity index (χ3n) is 7.76. The Bertz CT molecular complexity index is 1140. The van der Waals surface area contributed by atoms with Crippen molar-refractivity contribution in [2.75, 3.05) is 20.3 Å². The summed E-state index contributed by atoms with van der Waals surface area (Å²) < 4.78 is 44.8. The molecule has 6 atom stereocenters. The second kappa shape index (κ2) is 15.0. The Labute approximate surface area is 243 Å². The van der Waals surface area contributed by atoms with E-state index >= 15 is 0 Å². The van der Waals surface area contributed by atoms with E-state index in [0.717, 1.165) is 36.0 Å². The van der Waals surface area contributed by atoms with Crippen LogP contribution in [0, 0.1) is 0 Å². The SMILES string of the molecule is CO[C@H]1OC(COCc2ccccc2)[C@](C)(O[C@H]2CCCCO2)C(OCc2ccccc2)C1OCc1ccccc1. The van der Waals surface area contributed by atoms with Gasteiger partial charge in [0.2, 0.25) is 0 Å². The zero-order valence-electron chi connectivity index (χ0n) is 24.1. The molecule has 3 aromatic carbocycles. The summed E-state index contributed by atoms with van der Waals surface area (Å²) in [6, 6.07) is 30.3. The van der Waals surface area contributed by atoms with E-state index in [-0.39, 0.29) is 12.9 Å². The van der Waals surface area contributed by atoms with Crippen molar-refractivity contribution in [3.8, 4) is 0 Å². The van der Waals surface area contributed by atoms with Crippen LogP contribution >= 0.6 is 0 Å². The highest BCUT2D eigenvalue weighted by atomic mass is 16.7. The first-order chi connectivity index (χ1) is 20.2. The summed E-state index contributed by atoms with van der Waals surface area (Å²) >= 11 is 0. The van der Waals surface area contributed by atoms with Crippen LogP contribution < -0.4 is 0 Å². The summed E-state index contributed by atoms with van der Waals surface area (Å²) in [7, 11) is 1.63. The zero-order chi connectivity index (χ0) is 28.3. The fourth-order valence-electron chi connectivity index (χ4n) is 5.46. The molecule has 0 bridgehead atoms. The number of benzene rings is 3. The van der Waals surface area contributed by atoms with Gasteiger partial charge in [-0.3, -0.25) is 0 Å². The van der Waals surface area contributed by atoms with Crippen molar-refractivity contribution in [1.29, 1.82) is 0 Å². The molecule has 0 saturated carbocycles. The Morgan fingerprint density at radius 2 is 1.34 bits per heavy atom. The van der Waals surface area contributed by atoms with Crippen LogP contribution in [0.4, 0.5) is 0 Å². The number of methoxy groups -OCH3 is 1. The molecule has 5 rings (SSSR count). The standard InChI is InChI=1S/C34H42O7/c1-34(41-30-20-12-13-21-37-30)29(25-36-22-26-14-6-3-7-15-26)40-33(35-2)31(38-23-27-16-8-4-9-17-27)32(34)39-24-28-18-10-5-11-19-28/h3-11,14-19,29-33H,12-13,20-25H2,1-2H3/t29?,30-,31?,32?,33-,34-/m0/s1. The largest absolute Gasteiger partial charge is 0.374 e. The molecule has 3 aromatic rings. The van der Waals surface area contributed by atoms with Gasteiger partial charge in [-0.05, 0) is 42.9 Å². The van der Waals surface area contributed by atoms with E-state index in [1.54, 1.807) is 7.11 Å². The Hall–Kier alpha value is -2.62. The zero-order valence-corrected chi connectivity index (χ0v) is 24.1. The van der Waals surface area contributed by atoms with E-state index in [4.69, 9.17) is 33.2 Å². The van der Waals surface area contributed by atoms with Crippen molar-refractivity contribution >= 4 is 0 Å². The highest BCUT2D eigenvalue weighted by Gasteiger charge is 2.57. The van der Waals surface area contributed by atoms with Gasteiger partial charge in [0.25, 0.3) is 0 Å². The lowest BCUT2D eigenvalue weighted by molar-refractivity contribution is -0.372. The normalized spacial score (nSPS) is 28.4. The maximum Gasteiger partial charge on any atom is 0.186 e. The summed E-state index contributed by atoms with van der Waals surface area (Å²) in [6.07, 6.45) is 0.212. The van der Waals surface area contributed by atoms with Crippen molar-refractivity contribution < 1.29 is 33.2 Å². The van der Waals surface area contributed by atoms with Crippen molar-refractivity contribution in [2.45, 2.75) is 82.5 Å². The number of rotatable bonds is 13. The summed E-state index contributed by atoms with van der Waals surface area (Å²) in [5, 5.41) is 0. The van der Waals surface area contributed by atoms with Crippen molar-refractivity contribution in [2.24, 2.45) is 0 Å². The van der Waals surface area contributed by atoms with Crippen LogP contribution in [0.1, 0.15) is 42.9 Å². The van der Waals surface area contributed by atoms with Crippen LogP contribution in [-0.2, 0) is 53.0 Å². The Kier molecular flexibility index (Phi) is 10.9. The third-order valence-corrected chi connectivity index (χ3v) is 7.76. The first kappa shape index (κ1) is 29.9. The molecule has 3 unspecified atom stereocenters. The predicted molar refractivity (Wildman–Crippen MR) is 155 cm³/mol. The minimum Gasteiger partial charge on any atom is -0.374 e. The molecule has 7 nitrogen and oxygen atoms in total. The molecule has 0 amide bonds. The summed E-state index contributed by atoms with van der Waals surface area (Å²) in [6.45, 7) is 4.20. The molecule has 0 radical (unpaired) electrons. The molecule has 2 aliphatic rings. The molecular weight excluding hydrogens is 520 g/mol. The van der Waals surface area contributed by atoms with E-state index in [0.29, 0.717) is 26.4 Å². The van der Waals surface area contributed by atoms with Crippen molar-refractivity contribution in [3.05, 3.63) is 108 Å². The molecule has 0 N–H and O–H groups in total. The van der Waals surface area contributed by atoms with Gasteiger partial charge < -0.3 is 33.2 Å². The second-order valence-corrected chi connectivity index (χ2v) is 10.8. The van der Waals surface area contributed by atoms with Gasteiger partial charge in [-0.1, -0.05) is 91.0 Å². The lowest BCUT2D eigenvalue weighted by atomic mass is 9.85. The fourth-order valence-corrected chi connectivity index (χ4v) is 5.46. The molecule has 2 aliphatic heterocycles. The van der Waals surface area contributed by atoms with Gasteiger partial charge in [-0.2, -0.15) is 0 Å². The van der Waals surface area contributed by atoms with Gasteiger partial charge >= 0.3 is 0 Å². The fraction of sp³-hybridized carbons (Fsp3) is 0.471. The van der Waals surface area contributed by atoms with Gasteiger partial charge in [-0.15, -0.1) is 0 Å². The number of hydrogen-bond donors (Lipinski definition) is 0. The van der Waals surface area contributed by atoms with Gasteiger partial charge in [0.15, 0.2) is 12.6 Å². The lowest BCUT2D eigenvalue weighted by Crippen LogP contribution is -2.69. The van der Waals surface area contributed by atoms with Gasteiger partial charge in [-0.25, -0.2) is 0 Å². The van der Waals surface area contributed by atoms with Crippen LogP contribution in [0.25, 0.3) is 0 Å². The quantitative estimate of drug-likeness (QED) is 0.251. The molecule has 2 heterocycles. The molecule has 2 fully saturated rings. The molecule has 0 aromatic heterocycles. The van der Waals surface area contributed by atoms with Crippen molar-refractivity contribution in [3.63, 3.8) is 0 Å². The van der Waals surface area contributed by atoms with E-state index in [1.807, 2.05) is 85.8 Å². The smallest absolute Gasteiger partial charge is 0.186 e. The average molecular weight is 563 g/mol. The molecule has 0 aliphatic carbocycles. The third kappa shape index (κ3) is 8.02. The maximum absolute atomic E-state index is 6.82. The van der Waals surface area contributed by atoms with Crippen LogP contribution in [0.3, 0.4) is 0 Å². The van der Waals surface area contributed by atoms with Crippen LogP contribution in [-0.4, -0.2) is 56.8 Å². The lowest BCUT2D eigenvalue weighted by Gasteiger charge is -2.52. The summed E-state index contributed by atoms with van der Waals surface area (Å²) in [5.74, 6) is 0. The minimum absolute atomic E-state index is 0.286. The highest BCUT2D eigenvalue weighted by molar-refractivity contribution is 5.16. The van der Waals surface area contributed by atoms with Gasteiger partial charge in [0.1, 0.15) is 23.9 Å². The molecule has 0 spiro atoms. The van der Waals surface area contributed by atoms with Gasteiger partial charge in [0.05, 0.1) is 26.4 Å². The highest BCUT2D eigenvalue weighted by Crippen LogP contribution is 2.40. The first-order valence-corrected chi connectivity index (χ1v) is 14.6. The average Bonchev–Trinajstić information content (AvgIpc) is 3.02. The maximum atomic E-state index is 6.82. The Morgan fingerprint density at radius 3 is 1.90 bits per heavy atom. The molecule has 2 saturated heterocycles. The number of ether oxygens (including phenoxy) is 7. The minimum atomic E-state index is -0.955. The Balaban J connectivity index is 1.42. The van der Waals surface area contributed by atoms with Gasteiger partial charge in [0, 0.05) is 13.7 Å². The number of hydrogen-bond acceptors (Lipinski definition) is 7. The molecular formula is C34H42O7. The van der Waals surface area contributed by atoms with Crippen LogP contribution in [0.15, 0.2) is 91.0 Å². The predicted octanol–water partition coefficient (Wildman–Crippen LogP) is 6.05.